The van der Waals surface area contributed by atoms with Gasteiger partial charge in [0, 0.05) is 23.1 Å². The average molecular weight is 477 g/mol. The summed E-state index contributed by atoms with van der Waals surface area (Å²) in [5, 5.41) is 7.12. The van der Waals surface area contributed by atoms with E-state index in [0.717, 1.165) is 10.0 Å². The molecule has 22 heavy (non-hydrogen) atoms. The Bertz CT molecular complexity index is 650. The predicted octanol–water partition coefficient (Wildman–Crippen LogP) is 2.76. The minimum absolute atomic E-state index is 0. The third-order valence-corrected chi connectivity index (χ3v) is 4.01. The largest absolute Gasteiger partial charge is 0.370 e. The molecule has 1 fully saturated rings. The molecule has 3 rings (SSSR count). The number of rotatable bonds is 4. The topological polar surface area (TPSA) is 83.2 Å². The highest BCUT2D eigenvalue weighted by molar-refractivity contribution is 14.0. The Hall–Kier alpha value is -1.16. The first-order valence-electron chi connectivity index (χ1n) is 6.83. The lowest BCUT2D eigenvalue weighted by Crippen LogP contribution is -2.35. The second-order valence-corrected chi connectivity index (χ2v) is 6.04. The number of aliphatic imine (C=N–C) groups is 1. The number of aromatic amines is 1. The summed E-state index contributed by atoms with van der Waals surface area (Å²) in [6, 6.07) is 8.42. The van der Waals surface area contributed by atoms with Gasteiger partial charge in [0.1, 0.15) is 12.4 Å². The molecule has 0 atom stereocenters. The predicted molar refractivity (Wildman–Crippen MR) is 101 cm³/mol. The third kappa shape index (κ3) is 4.19. The van der Waals surface area contributed by atoms with Crippen LogP contribution in [0.1, 0.15) is 18.7 Å². The van der Waals surface area contributed by atoms with Crippen LogP contribution in [-0.4, -0.2) is 39.1 Å². The van der Waals surface area contributed by atoms with Crippen molar-refractivity contribution in [2.75, 3.05) is 7.05 Å². The van der Waals surface area contributed by atoms with Gasteiger partial charge in [-0.3, -0.25) is 5.10 Å². The first kappa shape index (κ1) is 17.2. The van der Waals surface area contributed by atoms with Crippen molar-refractivity contribution in [3.63, 3.8) is 0 Å². The lowest BCUT2D eigenvalue weighted by atomic mass is 10.2. The Morgan fingerprint density at radius 1 is 1.41 bits per heavy atom. The number of halogens is 2. The van der Waals surface area contributed by atoms with Crippen LogP contribution in [0.15, 0.2) is 33.7 Å². The van der Waals surface area contributed by atoms with Crippen LogP contribution in [0, 0.1) is 0 Å². The summed E-state index contributed by atoms with van der Waals surface area (Å²) in [6.45, 7) is 0.409. The fourth-order valence-corrected chi connectivity index (χ4v) is 2.27. The molecule has 118 valence electrons. The standard InChI is InChI=1S/C14H17BrN6.HI/c1-21(11-6-7-11)14(16)17-8-12-18-13(20-19-12)9-2-4-10(15)5-3-9;/h2-5,11H,6-8H2,1H3,(H2,16,17)(H,18,19,20);1H. The first-order chi connectivity index (χ1) is 10.1. The van der Waals surface area contributed by atoms with Gasteiger partial charge in [-0.05, 0) is 25.0 Å². The molecule has 1 aromatic heterocycles. The molecule has 0 saturated heterocycles. The van der Waals surface area contributed by atoms with Crippen LogP contribution in [0.4, 0.5) is 0 Å². The lowest BCUT2D eigenvalue weighted by molar-refractivity contribution is 0.487. The van der Waals surface area contributed by atoms with Gasteiger partial charge in [-0.1, -0.05) is 28.1 Å². The molecule has 0 amide bonds. The van der Waals surface area contributed by atoms with Gasteiger partial charge in [-0.25, -0.2) is 9.98 Å². The highest BCUT2D eigenvalue weighted by Gasteiger charge is 2.27. The van der Waals surface area contributed by atoms with E-state index in [4.69, 9.17) is 5.73 Å². The van der Waals surface area contributed by atoms with E-state index in [1.807, 2.05) is 36.2 Å². The minimum Gasteiger partial charge on any atom is -0.370 e. The van der Waals surface area contributed by atoms with Gasteiger partial charge in [0.25, 0.3) is 0 Å². The van der Waals surface area contributed by atoms with Crippen molar-refractivity contribution in [2.45, 2.75) is 25.4 Å². The van der Waals surface area contributed by atoms with Crippen LogP contribution < -0.4 is 5.73 Å². The molecule has 1 aliphatic carbocycles. The van der Waals surface area contributed by atoms with Crippen molar-refractivity contribution in [3.05, 3.63) is 34.6 Å². The minimum atomic E-state index is 0. The number of guanidine groups is 1. The summed E-state index contributed by atoms with van der Waals surface area (Å²) in [5.41, 5.74) is 6.91. The van der Waals surface area contributed by atoms with E-state index in [1.165, 1.54) is 12.8 Å². The molecular weight excluding hydrogens is 459 g/mol. The van der Waals surface area contributed by atoms with Crippen LogP contribution >= 0.6 is 39.9 Å². The Morgan fingerprint density at radius 3 is 2.73 bits per heavy atom. The molecule has 0 unspecified atom stereocenters. The molecule has 3 N–H and O–H groups in total. The van der Waals surface area contributed by atoms with Crippen molar-refractivity contribution in [3.8, 4) is 11.4 Å². The van der Waals surface area contributed by atoms with Crippen LogP contribution in [0.3, 0.4) is 0 Å². The van der Waals surface area contributed by atoms with Crippen LogP contribution in [0.5, 0.6) is 0 Å². The van der Waals surface area contributed by atoms with E-state index in [0.29, 0.717) is 30.2 Å². The maximum absolute atomic E-state index is 5.95. The van der Waals surface area contributed by atoms with Crippen LogP contribution in [0.25, 0.3) is 11.4 Å². The van der Waals surface area contributed by atoms with Crippen molar-refractivity contribution >= 4 is 45.9 Å². The van der Waals surface area contributed by atoms with Gasteiger partial charge in [-0.2, -0.15) is 5.10 Å². The highest BCUT2D eigenvalue weighted by Crippen LogP contribution is 2.25. The van der Waals surface area contributed by atoms with Crippen molar-refractivity contribution in [1.82, 2.24) is 20.1 Å². The molecule has 1 heterocycles. The molecule has 2 aromatic rings. The molecule has 8 heteroatoms. The van der Waals surface area contributed by atoms with E-state index in [9.17, 15) is 0 Å². The number of aromatic nitrogens is 3. The van der Waals surface area contributed by atoms with Crippen molar-refractivity contribution in [2.24, 2.45) is 10.7 Å². The maximum Gasteiger partial charge on any atom is 0.191 e. The van der Waals surface area contributed by atoms with Crippen LogP contribution in [-0.2, 0) is 6.54 Å². The molecule has 1 aromatic carbocycles. The molecule has 0 aliphatic heterocycles. The summed E-state index contributed by atoms with van der Waals surface area (Å²) in [4.78, 5) is 10.8. The third-order valence-electron chi connectivity index (χ3n) is 3.48. The number of nitrogens with one attached hydrogen (secondary N) is 1. The number of nitrogens with zero attached hydrogens (tertiary/aromatic N) is 4. The Balaban J connectivity index is 0.00000176. The van der Waals surface area contributed by atoms with E-state index in [2.05, 4.69) is 36.1 Å². The van der Waals surface area contributed by atoms with E-state index < -0.39 is 0 Å². The van der Waals surface area contributed by atoms with E-state index in [-0.39, 0.29) is 24.0 Å². The lowest BCUT2D eigenvalue weighted by Gasteiger charge is -2.16. The van der Waals surface area contributed by atoms with Gasteiger partial charge in [-0.15, -0.1) is 24.0 Å². The average Bonchev–Trinajstić information content (AvgIpc) is 3.23. The Morgan fingerprint density at radius 2 is 2.09 bits per heavy atom. The molecule has 1 saturated carbocycles. The number of hydrogen-bond donors (Lipinski definition) is 2. The maximum atomic E-state index is 5.95. The number of nitrogens with two attached hydrogens (primary N) is 1. The van der Waals surface area contributed by atoms with Gasteiger partial charge in [0.2, 0.25) is 0 Å². The van der Waals surface area contributed by atoms with E-state index >= 15 is 0 Å². The summed E-state index contributed by atoms with van der Waals surface area (Å²) in [5.74, 6) is 1.93. The molecule has 0 spiro atoms. The number of hydrogen-bond acceptors (Lipinski definition) is 3. The summed E-state index contributed by atoms with van der Waals surface area (Å²) in [6.07, 6.45) is 2.39. The molecule has 0 bridgehead atoms. The number of benzene rings is 1. The molecule has 6 nitrogen and oxygen atoms in total. The summed E-state index contributed by atoms with van der Waals surface area (Å²) < 4.78 is 1.03. The first-order valence-corrected chi connectivity index (χ1v) is 7.63. The smallest absolute Gasteiger partial charge is 0.191 e. The zero-order chi connectivity index (χ0) is 14.8. The van der Waals surface area contributed by atoms with Gasteiger partial charge < -0.3 is 10.6 Å². The monoisotopic (exact) mass is 476 g/mol. The molecule has 1 aliphatic rings. The Labute approximate surface area is 154 Å². The normalized spacial score (nSPS) is 14.5. The zero-order valence-corrected chi connectivity index (χ0v) is 16.1. The van der Waals surface area contributed by atoms with Gasteiger partial charge in [0.15, 0.2) is 11.8 Å². The molecular formula is C14H18BrIN6. The van der Waals surface area contributed by atoms with Crippen LogP contribution in [0.2, 0.25) is 0 Å². The fourth-order valence-electron chi connectivity index (χ4n) is 2.01. The molecule has 0 radical (unpaired) electrons. The summed E-state index contributed by atoms with van der Waals surface area (Å²) >= 11 is 3.41. The fraction of sp³-hybridized carbons (Fsp3) is 0.357. The second kappa shape index (κ2) is 7.40. The summed E-state index contributed by atoms with van der Waals surface area (Å²) in [7, 11) is 1.98. The Kier molecular flexibility index (Phi) is 5.79. The number of H-pyrrole nitrogens is 1. The van der Waals surface area contributed by atoms with E-state index in [1.54, 1.807) is 0 Å². The van der Waals surface area contributed by atoms with Crippen molar-refractivity contribution in [1.29, 1.82) is 0 Å². The van der Waals surface area contributed by atoms with Gasteiger partial charge in [0.05, 0.1) is 0 Å². The SMILES string of the molecule is CN(C(N)=NCc1nc(-c2ccc(Br)cc2)n[nH]1)C1CC1.I. The van der Waals surface area contributed by atoms with Crippen molar-refractivity contribution < 1.29 is 0 Å². The van der Waals surface area contributed by atoms with Gasteiger partial charge >= 0.3 is 0 Å². The quantitative estimate of drug-likeness (QED) is 0.403. The zero-order valence-electron chi connectivity index (χ0n) is 12.2. The second-order valence-electron chi connectivity index (χ2n) is 5.13. The highest BCUT2D eigenvalue weighted by atomic mass is 127.